The van der Waals surface area contributed by atoms with E-state index in [0.717, 1.165) is 22.9 Å². The van der Waals surface area contributed by atoms with E-state index in [-0.39, 0.29) is 12.1 Å². The molecule has 13 heteroatoms. The fourth-order valence-corrected chi connectivity index (χ4v) is 3.59. The second kappa shape index (κ2) is 6.92. The Bertz CT molecular complexity index is 1040. The maximum Gasteiger partial charge on any atom is 0.299 e. The number of aryl methyl sites for hydroxylation is 1. The van der Waals surface area contributed by atoms with Gasteiger partial charge >= 0.3 is 0 Å². The first-order valence-corrected chi connectivity index (χ1v) is 8.74. The number of aliphatic imine (C=N–C) groups is 1. The summed E-state index contributed by atoms with van der Waals surface area (Å²) in [5.41, 5.74) is 2.74. The van der Waals surface area contributed by atoms with E-state index in [2.05, 4.69) is 20.4 Å². The Balaban J connectivity index is 1.69. The van der Waals surface area contributed by atoms with Crippen molar-refractivity contribution in [2.24, 2.45) is 23.7 Å². The van der Waals surface area contributed by atoms with E-state index in [1.165, 1.54) is 7.05 Å². The van der Waals surface area contributed by atoms with Crippen LogP contribution in [0.25, 0.3) is 0 Å². The second-order valence-electron chi connectivity index (χ2n) is 6.94. The summed E-state index contributed by atoms with van der Waals surface area (Å²) in [7, 11) is 1.24. The summed E-state index contributed by atoms with van der Waals surface area (Å²) in [6.45, 7) is 0. The Labute approximate surface area is 165 Å². The van der Waals surface area contributed by atoms with E-state index in [4.69, 9.17) is 10.5 Å². The zero-order valence-corrected chi connectivity index (χ0v) is 15.3. The van der Waals surface area contributed by atoms with Crippen LogP contribution in [0.15, 0.2) is 23.2 Å². The molecule has 2 aromatic rings. The van der Waals surface area contributed by atoms with E-state index in [1.54, 1.807) is 0 Å². The number of nitrogens with two attached hydrogens (primary N) is 1. The molecular weight excluding hydrogens is 415 g/mol. The standard InChI is InChI=1S/C17H15F5N6O2/c1-28-13(25-12(27-28)11(19)20)14(29)24-6-2-3-9(18)7(4-6)17(15(21)22)8-5-10(8)30-16(23)26-17/h2-4,8,10-11,15H,5H2,1H3,(H2,23,26)(H,24,29)/t8-,10+,17+/m0/s1. The van der Waals surface area contributed by atoms with Crippen LogP contribution in [0.5, 0.6) is 0 Å². The molecule has 3 atom stereocenters. The molecule has 30 heavy (non-hydrogen) atoms. The van der Waals surface area contributed by atoms with Crippen LogP contribution < -0.4 is 11.1 Å². The highest BCUT2D eigenvalue weighted by Gasteiger charge is 2.64. The van der Waals surface area contributed by atoms with Crippen LogP contribution in [0.3, 0.4) is 0 Å². The van der Waals surface area contributed by atoms with Gasteiger partial charge in [-0.3, -0.25) is 4.79 Å². The molecular formula is C17H15F5N6O2. The number of alkyl halides is 4. The predicted octanol–water partition coefficient (Wildman–Crippen LogP) is 2.34. The smallest absolute Gasteiger partial charge is 0.299 e. The Kier molecular flexibility index (Phi) is 4.62. The van der Waals surface area contributed by atoms with E-state index in [1.807, 2.05) is 0 Å². The third-order valence-electron chi connectivity index (χ3n) is 5.03. The molecule has 1 aromatic heterocycles. The molecule has 0 unspecified atom stereocenters. The van der Waals surface area contributed by atoms with Crippen molar-refractivity contribution in [3.05, 3.63) is 41.2 Å². The molecule has 3 N–H and O–H groups in total. The van der Waals surface area contributed by atoms with Gasteiger partial charge in [-0.15, -0.1) is 5.10 Å². The van der Waals surface area contributed by atoms with Gasteiger partial charge in [0.1, 0.15) is 11.9 Å². The van der Waals surface area contributed by atoms with Crippen LogP contribution in [0, 0.1) is 11.7 Å². The number of fused-ring (bicyclic) bond motifs is 1. The number of hydrogen-bond donors (Lipinski definition) is 2. The lowest BCUT2D eigenvalue weighted by Gasteiger charge is -2.33. The van der Waals surface area contributed by atoms with Gasteiger partial charge in [-0.05, 0) is 24.6 Å². The summed E-state index contributed by atoms with van der Waals surface area (Å²) in [5.74, 6) is -3.95. The number of anilines is 1. The lowest BCUT2D eigenvalue weighted by atomic mass is 9.84. The van der Waals surface area contributed by atoms with Crippen molar-refractivity contribution in [1.29, 1.82) is 0 Å². The Morgan fingerprint density at radius 3 is 2.73 bits per heavy atom. The molecule has 0 saturated heterocycles. The Morgan fingerprint density at radius 1 is 1.37 bits per heavy atom. The van der Waals surface area contributed by atoms with Gasteiger partial charge in [-0.1, -0.05) is 0 Å². The van der Waals surface area contributed by atoms with Crippen molar-refractivity contribution in [2.75, 3.05) is 5.32 Å². The molecule has 1 aromatic carbocycles. The molecule has 1 saturated carbocycles. The number of nitrogens with one attached hydrogen (secondary N) is 1. The van der Waals surface area contributed by atoms with Gasteiger partial charge in [0.05, 0.1) is 0 Å². The largest absolute Gasteiger partial charge is 0.462 e. The quantitative estimate of drug-likeness (QED) is 0.708. The molecule has 1 aliphatic carbocycles. The van der Waals surface area contributed by atoms with Gasteiger partial charge in [0.25, 0.3) is 24.8 Å². The lowest BCUT2D eigenvalue weighted by molar-refractivity contribution is 0.0177. The number of amides is 1. The van der Waals surface area contributed by atoms with Crippen LogP contribution in [0.2, 0.25) is 0 Å². The highest BCUT2D eigenvalue weighted by Crippen LogP contribution is 2.56. The number of ether oxygens (including phenoxy) is 1. The predicted molar refractivity (Wildman–Crippen MR) is 92.6 cm³/mol. The van der Waals surface area contributed by atoms with Crippen molar-refractivity contribution in [1.82, 2.24) is 14.8 Å². The molecule has 4 rings (SSSR count). The van der Waals surface area contributed by atoms with E-state index < -0.39 is 65.4 Å². The third-order valence-corrected chi connectivity index (χ3v) is 5.03. The van der Waals surface area contributed by atoms with Crippen LogP contribution in [0.4, 0.5) is 27.6 Å². The highest BCUT2D eigenvalue weighted by atomic mass is 19.3. The van der Waals surface area contributed by atoms with Crippen LogP contribution in [0.1, 0.15) is 34.9 Å². The van der Waals surface area contributed by atoms with Crippen LogP contribution in [-0.2, 0) is 17.3 Å². The molecule has 160 valence electrons. The molecule has 1 fully saturated rings. The maximum absolute atomic E-state index is 14.6. The second-order valence-corrected chi connectivity index (χ2v) is 6.94. The van der Waals surface area contributed by atoms with Crippen molar-refractivity contribution < 1.29 is 31.5 Å². The zero-order chi connectivity index (χ0) is 21.8. The monoisotopic (exact) mass is 430 g/mol. The van der Waals surface area contributed by atoms with Gasteiger partial charge in [0.15, 0.2) is 5.54 Å². The summed E-state index contributed by atoms with van der Waals surface area (Å²) in [6.07, 6.45) is -6.45. The van der Waals surface area contributed by atoms with Crippen LogP contribution in [-0.4, -0.2) is 39.2 Å². The first-order chi connectivity index (χ1) is 14.1. The SMILES string of the molecule is Cn1nc(C(F)F)nc1C(=O)Nc1ccc(F)c([C@@]2(C(F)F)N=C(N)O[C@@H]3C[C@@H]32)c1. The molecule has 8 nitrogen and oxygen atoms in total. The molecule has 1 aliphatic heterocycles. The summed E-state index contributed by atoms with van der Waals surface area (Å²) >= 11 is 0. The van der Waals surface area contributed by atoms with Gasteiger partial charge in [-0.2, -0.15) is 0 Å². The van der Waals surface area contributed by atoms with E-state index in [0.29, 0.717) is 0 Å². The average Bonchev–Trinajstić information content (AvgIpc) is 3.34. The van der Waals surface area contributed by atoms with Crippen molar-refractivity contribution in [3.63, 3.8) is 0 Å². The molecule has 0 spiro atoms. The lowest BCUT2D eigenvalue weighted by Crippen LogP contribution is -2.43. The minimum atomic E-state index is -3.09. The first kappa shape index (κ1) is 20.0. The fourth-order valence-electron chi connectivity index (χ4n) is 3.59. The van der Waals surface area contributed by atoms with Crippen molar-refractivity contribution >= 4 is 17.6 Å². The fraction of sp³-hybridized carbons (Fsp3) is 0.412. The topological polar surface area (TPSA) is 107 Å². The number of aromatic nitrogens is 3. The molecule has 0 bridgehead atoms. The third kappa shape index (κ3) is 3.13. The summed E-state index contributed by atoms with van der Waals surface area (Å²) in [4.78, 5) is 19.6. The normalized spacial score (nSPS) is 25.0. The number of benzene rings is 1. The Morgan fingerprint density at radius 2 is 2.10 bits per heavy atom. The van der Waals surface area contributed by atoms with Gasteiger partial charge < -0.3 is 15.8 Å². The van der Waals surface area contributed by atoms with Crippen molar-refractivity contribution in [2.45, 2.75) is 30.9 Å². The number of carbonyl (C=O) groups is 1. The molecule has 2 aliphatic rings. The Hall–Kier alpha value is -3.25. The molecule has 0 radical (unpaired) electrons. The number of nitrogens with zero attached hydrogens (tertiary/aromatic N) is 4. The number of hydrogen-bond acceptors (Lipinski definition) is 6. The van der Waals surface area contributed by atoms with Gasteiger partial charge in [-0.25, -0.2) is 36.6 Å². The summed E-state index contributed by atoms with van der Waals surface area (Å²) in [5, 5.41) is 5.75. The summed E-state index contributed by atoms with van der Waals surface area (Å²) < 4.78 is 74.3. The van der Waals surface area contributed by atoms with E-state index >= 15 is 0 Å². The number of carbonyl (C=O) groups excluding carboxylic acids is 1. The van der Waals surface area contributed by atoms with Gasteiger partial charge in [0, 0.05) is 24.2 Å². The maximum atomic E-state index is 14.6. The summed E-state index contributed by atoms with van der Waals surface area (Å²) in [6, 6.07) is 2.58. The van der Waals surface area contributed by atoms with Crippen molar-refractivity contribution in [3.8, 4) is 0 Å². The highest BCUT2D eigenvalue weighted by molar-refractivity contribution is 6.01. The average molecular weight is 430 g/mol. The minimum absolute atomic E-state index is 0.0597. The number of halogens is 5. The minimum Gasteiger partial charge on any atom is -0.462 e. The molecule has 2 heterocycles. The van der Waals surface area contributed by atoms with Gasteiger partial charge in [0.2, 0.25) is 11.6 Å². The zero-order valence-electron chi connectivity index (χ0n) is 15.3. The van der Waals surface area contributed by atoms with Crippen LogP contribution >= 0.6 is 0 Å². The number of amidine groups is 1. The molecule has 1 amide bonds. The number of rotatable bonds is 5. The first-order valence-electron chi connectivity index (χ1n) is 8.74. The van der Waals surface area contributed by atoms with E-state index in [9.17, 15) is 26.7 Å².